The van der Waals surface area contributed by atoms with E-state index >= 15 is 0 Å². The van der Waals surface area contributed by atoms with Gasteiger partial charge in [0.25, 0.3) is 11.8 Å². The van der Waals surface area contributed by atoms with Crippen LogP contribution in [0.1, 0.15) is 44.9 Å². The summed E-state index contributed by atoms with van der Waals surface area (Å²) in [5.74, 6) is -0.233. The average molecular weight is 520 g/mol. The second-order valence-corrected chi connectivity index (χ2v) is 10.1. The molecule has 0 bridgehead atoms. The number of aromatic nitrogens is 2. The molecule has 1 spiro atoms. The van der Waals surface area contributed by atoms with E-state index in [9.17, 15) is 14.7 Å². The molecule has 13 heteroatoms. The summed E-state index contributed by atoms with van der Waals surface area (Å²) in [4.78, 5) is 43.4. The van der Waals surface area contributed by atoms with E-state index in [4.69, 9.17) is 11.5 Å². The van der Waals surface area contributed by atoms with Gasteiger partial charge in [0.2, 0.25) is 11.5 Å². The van der Waals surface area contributed by atoms with Gasteiger partial charge in [-0.25, -0.2) is 20.3 Å². The Balaban J connectivity index is 1.22. The first-order valence-corrected chi connectivity index (χ1v) is 12.8. The summed E-state index contributed by atoms with van der Waals surface area (Å²) in [5.41, 5.74) is 14.3. The van der Waals surface area contributed by atoms with E-state index in [0.717, 1.165) is 31.2 Å². The number of hydrogen-bond donors (Lipinski definition) is 7. The van der Waals surface area contributed by atoms with Crippen molar-refractivity contribution < 1.29 is 19.7 Å². The summed E-state index contributed by atoms with van der Waals surface area (Å²) in [6.45, 7) is 0.326. The lowest BCUT2D eigenvalue weighted by molar-refractivity contribution is -0.513. The highest BCUT2D eigenvalue weighted by atomic mass is 16.3. The van der Waals surface area contributed by atoms with E-state index in [1.165, 1.54) is 18.0 Å². The number of carbonyl (C=O) groups is 2. The number of aliphatic imine (C=N–C) groups is 1. The molecular weight excluding hydrogens is 488 g/mol. The molecule has 0 saturated carbocycles. The molecule has 13 nitrogen and oxygen atoms in total. The molecule has 1 aliphatic carbocycles. The second-order valence-electron chi connectivity index (χ2n) is 10.1. The molecule has 2 aromatic rings. The van der Waals surface area contributed by atoms with Crippen molar-refractivity contribution in [2.45, 2.75) is 55.6 Å². The van der Waals surface area contributed by atoms with Crippen molar-refractivity contribution in [2.75, 3.05) is 13.1 Å². The number of aliphatic hydroxyl groups is 1. The zero-order valence-electron chi connectivity index (χ0n) is 20.7. The van der Waals surface area contributed by atoms with Crippen LogP contribution >= 0.6 is 0 Å². The highest BCUT2D eigenvalue weighted by molar-refractivity contribution is 5.96. The summed E-state index contributed by atoms with van der Waals surface area (Å²) in [7, 11) is 0. The van der Waals surface area contributed by atoms with Gasteiger partial charge in [0.05, 0.1) is 6.04 Å². The zero-order chi connectivity index (χ0) is 26.4. The van der Waals surface area contributed by atoms with E-state index in [0.29, 0.717) is 5.56 Å². The summed E-state index contributed by atoms with van der Waals surface area (Å²) in [6, 6.07) is 5.67. The maximum Gasteiger partial charge on any atom is 0.343 e. The number of amides is 2. The van der Waals surface area contributed by atoms with Crippen molar-refractivity contribution in [2.24, 2.45) is 16.5 Å². The van der Waals surface area contributed by atoms with Crippen molar-refractivity contribution in [3.63, 3.8) is 0 Å². The van der Waals surface area contributed by atoms with Gasteiger partial charge in [-0.1, -0.05) is 12.1 Å². The number of aliphatic hydroxyl groups excluding tert-OH is 1. The van der Waals surface area contributed by atoms with E-state index in [1.807, 2.05) is 12.1 Å². The molecule has 1 aromatic carbocycles. The van der Waals surface area contributed by atoms with Gasteiger partial charge in [-0.05, 0) is 48.9 Å². The van der Waals surface area contributed by atoms with Crippen LogP contribution in [0, 0.1) is 0 Å². The molecule has 5 atom stereocenters. The first-order chi connectivity index (χ1) is 18.4. The minimum atomic E-state index is -1.16. The fraction of sp³-hybridized carbons (Fsp3) is 0.440. The molecule has 1 unspecified atom stereocenters. The Kier molecular flexibility index (Phi) is 5.86. The van der Waals surface area contributed by atoms with Gasteiger partial charge in [0.15, 0.2) is 12.0 Å². The van der Waals surface area contributed by atoms with Crippen LogP contribution in [0.15, 0.2) is 41.7 Å². The number of aryl methyl sites for hydroxylation is 1. The molecule has 0 radical (unpaired) electrons. The van der Waals surface area contributed by atoms with E-state index < -0.39 is 35.8 Å². The molecule has 198 valence electrons. The number of hydrogen-bond acceptors (Lipinski definition) is 10. The standard InChI is InChI=1S/C25H30N10O3/c26-23-33-18-16(11-30-22(38)20-28-9-4-10-29-20)32-24(27)35-12-17(19(36)25(18,35)34-23)31-21(37)15-8-3-6-13-5-1-2-7-14(13)15/h3-4,6,8-10,16-19,36H,1-2,5,7,11-12H2,(H2,27,32)(H,30,38)(H,31,37)(H3,26,33,34)/p+1/t16-,17?,18-,19+,25-/m0/s1. The predicted molar refractivity (Wildman–Crippen MR) is 137 cm³/mol. The molecule has 6 rings (SSSR count). The van der Waals surface area contributed by atoms with Crippen molar-refractivity contribution in [1.82, 2.24) is 30.8 Å². The lowest BCUT2D eigenvalue weighted by Crippen LogP contribution is -2.88. The summed E-state index contributed by atoms with van der Waals surface area (Å²) >= 11 is 0. The molecule has 3 aliphatic heterocycles. The summed E-state index contributed by atoms with van der Waals surface area (Å²) in [5, 5.41) is 20.6. The Morgan fingerprint density at radius 3 is 2.76 bits per heavy atom. The van der Waals surface area contributed by atoms with Crippen molar-refractivity contribution in [3.05, 3.63) is 59.2 Å². The SMILES string of the molecule is NC1=N[C@@H](CNC(=O)c2ncccn2)[C@@H]2[NH+]=C(N)N[C@@]23[C@H](O)C(NC(=O)c2cccc4c2CCCC4)CN13. The van der Waals surface area contributed by atoms with Crippen LogP contribution in [0.5, 0.6) is 0 Å². The Labute approximate surface area is 218 Å². The van der Waals surface area contributed by atoms with Crippen LogP contribution in [0.2, 0.25) is 0 Å². The van der Waals surface area contributed by atoms with Gasteiger partial charge in [-0.2, -0.15) is 0 Å². The molecular formula is C25H31N10O3+. The predicted octanol–water partition coefficient (Wildman–Crippen LogP) is -3.68. The first kappa shape index (κ1) is 24.1. The molecule has 4 aliphatic rings. The zero-order valence-corrected chi connectivity index (χ0v) is 20.7. The molecule has 38 heavy (non-hydrogen) atoms. The lowest BCUT2D eigenvalue weighted by Gasteiger charge is -2.43. The number of nitrogens with two attached hydrogens (primary N) is 2. The Morgan fingerprint density at radius 2 is 1.95 bits per heavy atom. The Morgan fingerprint density at radius 1 is 1.16 bits per heavy atom. The largest absolute Gasteiger partial charge is 0.385 e. The van der Waals surface area contributed by atoms with Gasteiger partial charge < -0.3 is 26.4 Å². The molecule has 1 fully saturated rings. The third-order valence-corrected chi connectivity index (χ3v) is 7.94. The fourth-order valence-corrected chi connectivity index (χ4v) is 6.22. The average Bonchev–Trinajstić information content (AvgIpc) is 3.43. The molecule has 2 amide bonds. The van der Waals surface area contributed by atoms with Crippen molar-refractivity contribution in [3.8, 4) is 0 Å². The minimum Gasteiger partial charge on any atom is -0.385 e. The van der Waals surface area contributed by atoms with Crippen LogP contribution in [0.3, 0.4) is 0 Å². The monoisotopic (exact) mass is 519 g/mol. The van der Waals surface area contributed by atoms with E-state index in [-0.39, 0.29) is 36.7 Å². The third-order valence-electron chi connectivity index (χ3n) is 7.94. The number of benzene rings is 1. The smallest absolute Gasteiger partial charge is 0.343 e. The van der Waals surface area contributed by atoms with Crippen LogP contribution in [-0.2, 0) is 12.8 Å². The number of nitrogens with one attached hydrogen (secondary N) is 4. The highest BCUT2D eigenvalue weighted by Gasteiger charge is 2.68. The minimum absolute atomic E-state index is 0.0342. The number of carbonyl (C=O) groups excluding carboxylic acids is 2. The topological polar surface area (TPSA) is 198 Å². The lowest BCUT2D eigenvalue weighted by atomic mass is 9.87. The third kappa shape index (κ3) is 3.81. The van der Waals surface area contributed by atoms with Crippen LogP contribution in [0.4, 0.5) is 0 Å². The van der Waals surface area contributed by atoms with Gasteiger partial charge in [0, 0.05) is 31.0 Å². The second kappa shape index (κ2) is 9.24. The number of fused-ring (bicyclic) bond motifs is 1. The summed E-state index contributed by atoms with van der Waals surface area (Å²) < 4.78 is 0. The van der Waals surface area contributed by atoms with Crippen LogP contribution in [-0.4, -0.2) is 86.7 Å². The van der Waals surface area contributed by atoms with Crippen molar-refractivity contribution in [1.29, 1.82) is 0 Å². The fourth-order valence-electron chi connectivity index (χ4n) is 6.22. The quantitative estimate of drug-likeness (QED) is 0.208. The highest BCUT2D eigenvalue weighted by Crippen LogP contribution is 2.35. The van der Waals surface area contributed by atoms with E-state index in [1.54, 1.807) is 11.0 Å². The molecule has 9 N–H and O–H groups in total. The van der Waals surface area contributed by atoms with Crippen molar-refractivity contribution >= 4 is 23.7 Å². The number of guanidine groups is 2. The maximum absolute atomic E-state index is 13.4. The van der Waals surface area contributed by atoms with E-state index in [2.05, 4.69) is 42.0 Å². The van der Waals surface area contributed by atoms with Gasteiger partial charge in [-0.15, -0.1) is 0 Å². The van der Waals surface area contributed by atoms with Gasteiger partial charge >= 0.3 is 5.96 Å². The van der Waals surface area contributed by atoms with Gasteiger partial charge in [-0.3, -0.25) is 20.3 Å². The maximum atomic E-state index is 13.4. The molecule has 1 saturated heterocycles. The molecule has 1 aromatic heterocycles. The first-order valence-electron chi connectivity index (χ1n) is 12.8. The normalized spacial score (nSPS) is 29.2. The van der Waals surface area contributed by atoms with Crippen LogP contribution < -0.4 is 32.4 Å². The molecule has 4 heterocycles. The number of nitrogens with zero attached hydrogens (tertiary/aromatic N) is 4. The Hall–Kier alpha value is -4.26. The number of rotatable bonds is 5. The van der Waals surface area contributed by atoms with Gasteiger partial charge in [0.1, 0.15) is 12.1 Å². The Bertz CT molecular complexity index is 1330. The van der Waals surface area contributed by atoms with Crippen LogP contribution in [0.25, 0.3) is 0 Å². The summed E-state index contributed by atoms with van der Waals surface area (Å²) in [6.07, 6.45) is 5.88.